The second kappa shape index (κ2) is 13.3. The molecule has 4 rings (SSSR count). The fourth-order valence-corrected chi connectivity index (χ4v) is 5.63. The Hall–Kier alpha value is -4.05. The van der Waals surface area contributed by atoms with Gasteiger partial charge in [0, 0.05) is 38.5 Å². The van der Waals surface area contributed by atoms with Gasteiger partial charge in [-0.25, -0.2) is 8.42 Å². The number of ether oxygens (including phenoxy) is 2. The molecule has 0 fully saturated rings. The van der Waals surface area contributed by atoms with Gasteiger partial charge in [-0.15, -0.1) is 0 Å². The maximum absolute atomic E-state index is 13.8. The van der Waals surface area contributed by atoms with Gasteiger partial charge in [0.15, 0.2) is 11.5 Å². The smallest absolute Gasteiger partial charge is 0.243 e. The number of fused-ring (bicyclic) bond motifs is 1. The molecule has 10 heteroatoms. The van der Waals surface area contributed by atoms with Gasteiger partial charge in [0.2, 0.25) is 28.6 Å². The summed E-state index contributed by atoms with van der Waals surface area (Å²) in [7, 11) is -3.63. The molecule has 0 saturated heterocycles. The maximum atomic E-state index is 13.8. The van der Waals surface area contributed by atoms with Crippen LogP contribution in [0.1, 0.15) is 30.9 Å². The van der Waals surface area contributed by atoms with E-state index in [0.717, 1.165) is 17.4 Å². The van der Waals surface area contributed by atoms with Crippen LogP contribution in [0.2, 0.25) is 0 Å². The summed E-state index contributed by atoms with van der Waals surface area (Å²) in [6.07, 6.45) is 1.82. The Morgan fingerprint density at radius 1 is 0.925 bits per heavy atom. The predicted octanol–water partition coefficient (Wildman–Crippen LogP) is 3.74. The third kappa shape index (κ3) is 7.53. The summed E-state index contributed by atoms with van der Waals surface area (Å²) in [5.74, 6) is 0.574. The minimum Gasteiger partial charge on any atom is -0.454 e. The molecule has 0 radical (unpaired) electrons. The topological polar surface area (TPSA) is 105 Å². The van der Waals surface area contributed by atoms with Gasteiger partial charge in [0.05, 0.1) is 11.9 Å². The van der Waals surface area contributed by atoms with E-state index in [1.807, 2.05) is 67.6 Å². The molecule has 2 amide bonds. The number of likely N-dealkylation sites (N-methyl/N-ethyl adjacent to an activating group) is 1. The van der Waals surface area contributed by atoms with E-state index in [2.05, 4.69) is 5.32 Å². The van der Waals surface area contributed by atoms with Crippen molar-refractivity contribution in [2.24, 2.45) is 0 Å². The van der Waals surface area contributed by atoms with Crippen molar-refractivity contribution >= 4 is 27.5 Å². The van der Waals surface area contributed by atoms with Crippen LogP contribution < -0.4 is 19.1 Å². The van der Waals surface area contributed by atoms with Crippen LogP contribution in [0.4, 0.5) is 5.69 Å². The summed E-state index contributed by atoms with van der Waals surface area (Å²) in [6.45, 7) is 2.71. The largest absolute Gasteiger partial charge is 0.454 e. The van der Waals surface area contributed by atoms with Crippen LogP contribution in [0.5, 0.6) is 11.5 Å². The second-order valence-electron chi connectivity index (χ2n) is 9.58. The van der Waals surface area contributed by atoms with E-state index in [4.69, 9.17) is 9.47 Å². The number of hydrogen-bond donors (Lipinski definition) is 1. The van der Waals surface area contributed by atoms with Crippen molar-refractivity contribution in [3.8, 4) is 11.5 Å². The van der Waals surface area contributed by atoms with Gasteiger partial charge in [0.25, 0.3) is 0 Å². The maximum Gasteiger partial charge on any atom is 0.243 e. The highest BCUT2D eigenvalue weighted by Crippen LogP contribution is 2.36. The Balaban J connectivity index is 1.54. The normalized spacial score (nSPS) is 12.9. The highest BCUT2D eigenvalue weighted by Gasteiger charge is 2.30. The third-order valence-corrected chi connectivity index (χ3v) is 7.81. The molecule has 3 aromatic carbocycles. The molecule has 9 nitrogen and oxygen atoms in total. The Morgan fingerprint density at radius 2 is 1.57 bits per heavy atom. The fraction of sp³-hybridized carbons (Fsp3) is 0.333. The molecule has 40 heavy (non-hydrogen) atoms. The number of hydrogen-bond acceptors (Lipinski definition) is 6. The molecule has 0 bridgehead atoms. The van der Waals surface area contributed by atoms with Crippen molar-refractivity contribution in [2.75, 3.05) is 30.4 Å². The van der Waals surface area contributed by atoms with Gasteiger partial charge in [-0.05, 0) is 36.6 Å². The van der Waals surface area contributed by atoms with Crippen molar-refractivity contribution in [2.45, 2.75) is 38.8 Å². The Morgan fingerprint density at radius 3 is 2.23 bits per heavy atom. The number of rotatable bonds is 13. The first-order chi connectivity index (χ1) is 19.3. The van der Waals surface area contributed by atoms with Crippen LogP contribution in [0, 0.1) is 0 Å². The van der Waals surface area contributed by atoms with Crippen LogP contribution in [0.25, 0.3) is 0 Å². The number of carbonyl (C=O) groups excluding carboxylic acids is 2. The summed E-state index contributed by atoms with van der Waals surface area (Å²) in [6, 6.07) is 23.3. The first kappa shape index (κ1) is 28.9. The fourth-order valence-electron chi connectivity index (χ4n) is 4.67. The average molecular weight is 566 g/mol. The van der Waals surface area contributed by atoms with Crippen LogP contribution >= 0.6 is 0 Å². The molecule has 1 atom stereocenters. The van der Waals surface area contributed by atoms with Gasteiger partial charge in [-0.3, -0.25) is 13.9 Å². The second-order valence-corrected chi connectivity index (χ2v) is 11.5. The molecule has 1 heterocycles. The number of sulfonamides is 1. The van der Waals surface area contributed by atoms with E-state index < -0.39 is 16.1 Å². The zero-order chi connectivity index (χ0) is 28.5. The molecular formula is C30H35N3O6S. The number of nitrogens with one attached hydrogen (secondary N) is 1. The molecule has 1 N–H and O–H groups in total. The highest BCUT2D eigenvalue weighted by molar-refractivity contribution is 7.92. The van der Waals surface area contributed by atoms with E-state index in [1.165, 1.54) is 4.31 Å². The Bertz CT molecular complexity index is 1400. The lowest BCUT2D eigenvalue weighted by molar-refractivity contribution is -0.141. The SMILES string of the molecule is CCNC(=O)C(Cc1ccccc1)N(Cc1ccccc1)C(=O)CCCN(c1ccc2c(c1)OCO2)S(C)(=O)=O. The lowest BCUT2D eigenvalue weighted by Crippen LogP contribution is -2.50. The molecule has 0 saturated carbocycles. The van der Waals surface area contributed by atoms with Gasteiger partial charge in [-0.2, -0.15) is 0 Å². The summed E-state index contributed by atoms with van der Waals surface area (Å²) in [4.78, 5) is 28.6. The highest BCUT2D eigenvalue weighted by atomic mass is 32.2. The lowest BCUT2D eigenvalue weighted by Gasteiger charge is -2.32. The number of anilines is 1. The van der Waals surface area contributed by atoms with Gasteiger partial charge in [0.1, 0.15) is 6.04 Å². The van der Waals surface area contributed by atoms with E-state index >= 15 is 0 Å². The minimum atomic E-state index is -3.63. The third-order valence-electron chi connectivity index (χ3n) is 6.61. The van der Waals surface area contributed by atoms with Crippen molar-refractivity contribution in [3.63, 3.8) is 0 Å². The number of nitrogens with zero attached hydrogens (tertiary/aromatic N) is 2. The quantitative estimate of drug-likeness (QED) is 0.339. The molecule has 1 unspecified atom stereocenters. The van der Waals surface area contributed by atoms with Crippen LogP contribution in [-0.2, 0) is 32.6 Å². The zero-order valence-electron chi connectivity index (χ0n) is 22.8. The molecule has 0 aliphatic carbocycles. The number of benzene rings is 3. The molecule has 0 aromatic heterocycles. The molecular weight excluding hydrogens is 530 g/mol. The monoisotopic (exact) mass is 565 g/mol. The van der Waals surface area contributed by atoms with Crippen molar-refractivity contribution in [3.05, 3.63) is 90.0 Å². The summed E-state index contributed by atoms with van der Waals surface area (Å²) in [5, 5.41) is 2.88. The van der Waals surface area contributed by atoms with Crippen molar-refractivity contribution in [1.82, 2.24) is 10.2 Å². The minimum absolute atomic E-state index is 0.0636. The molecule has 0 spiro atoms. The van der Waals surface area contributed by atoms with Crippen molar-refractivity contribution in [1.29, 1.82) is 0 Å². The average Bonchev–Trinajstić information content (AvgIpc) is 3.41. The molecule has 3 aromatic rings. The molecule has 212 valence electrons. The van der Waals surface area contributed by atoms with Crippen LogP contribution in [0.15, 0.2) is 78.9 Å². The standard InChI is InChI=1S/C30H35N3O6S/c1-3-31-30(35)26(19-23-11-6-4-7-12-23)32(21-24-13-8-5-9-14-24)29(34)15-10-18-33(40(2,36)37)25-16-17-27-28(20-25)39-22-38-27/h4-9,11-14,16-17,20,26H,3,10,15,18-19,21-22H2,1-2H3,(H,31,35). The molecule has 1 aliphatic heterocycles. The van der Waals surface area contributed by atoms with Gasteiger partial charge < -0.3 is 19.7 Å². The van der Waals surface area contributed by atoms with E-state index in [-0.39, 0.29) is 44.5 Å². The summed E-state index contributed by atoms with van der Waals surface area (Å²) in [5.41, 5.74) is 2.27. The van der Waals surface area contributed by atoms with Crippen LogP contribution in [-0.4, -0.2) is 57.3 Å². The predicted molar refractivity (Wildman–Crippen MR) is 154 cm³/mol. The summed E-state index contributed by atoms with van der Waals surface area (Å²) < 4.78 is 37.3. The summed E-state index contributed by atoms with van der Waals surface area (Å²) >= 11 is 0. The van der Waals surface area contributed by atoms with Gasteiger partial charge >= 0.3 is 0 Å². The zero-order valence-corrected chi connectivity index (χ0v) is 23.6. The molecule has 1 aliphatic rings. The van der Waals surface area contributed by atoms with Crippen molar-refractivity contribution < 1.29 is 27.5 Å². The number of amides is 2. The van der Waals surface area contributed by atoms with E-state index in [9.17, 15) is 18.0 Å². The first-order valence-corrected chi connectivity index (χ1v) is 15.1. The van der Waals surface area contributed by atoms with E-state index in [1.54, 1.807) is 23.1 Å². The Kier molecular flexibility index (Phi) is 9.65. The van der Waals surface area contributed by atoms with E-state index in [0.29, 0.717) is 30.2 Å². The van der Waals surface area contributed by atoms with Crippen LogP contribution in [0.3, 0.4) is 0 Å². The first-order valence-electron chi connectivity index (χ1n) is 13.3. The number of carbonyl (C=O) groups is 2. The Labute approximate surface area is 235 Å². The van der Waals surface area contributed by atoms with Gasteiger partial charge in [-0.1, -0.05) is 60.7 Å². The lowest BCUT2D eigenvalue weighted by atomic mass is 10.0.